The second-order valence-electron chi connectivity index (χ2n) is 6.20. The van der Waals surface area contributed by atoms with Crippen molar-refractivity contribution in [2.75, 3.05) is 13.7 Å². The molecule has 146 valence electrons. The third kappa shape index (κ3) is 4.60. The summed E-state index contributed by atoms with van der Waals surface area (Å²) in [6.07, 6.45) is 5.47. The highest BCUT2D eigenvalue weighted by Gasteiger charge is 2.35. The molecular formula is C19H19N3O4S2. The van der Waals surface area contributed by atoms with E-state index in [0.29, 0.717) is 37.2 Å². The van der Waals surface area contributed by atoms with E-state index in [9.17, 15) is 14.4 Å². The number of hydrogen-bond donors (Lipinski definition) is 1. The fourth-order valence-electron chi connectivity index (χ4n) is 2.87. The largest absolute Gasteiger partial charge is 0.465 e. The van der Waals surface area contributed by atoms with Gasteiger partial charge in [0.1, 0.15) is 0 Å². The lowest BCUT2D eigenvalue weighted by molar-refractivity contribution is -0.135. The first-order valence-corrected chi connectivity index (χ1v) is 9.99. The Morgan fingerprint density at radius 3 is 2.96 bits per heavy atom. The van der Waals surface area contributed by atoms with Gasteiger partial charge in [-0.3, -0.25) is 14.5 Å². The van der Waals surface area contributed by atoms with Crippen LogP contribution in [-0.2, 0) is 25.7 Å². The van der Waals surface area contributed by atoms with Crippen LogP contribution in [0.5, 0.6) is 0 Å². The number of carbonyl (C=O) groups excluding carboxylic acids is 3. The summed E-state index contributed by atoms with van der Waals surface area (Å²) in [7, 11) is 1.29. The van der Waals surface area contributed by atoms with Crippen LogP contribution < -0.4 is 5.32 Å². The summed E-state index contributed by atoms with van der Waals surface area (Å²) in [6.45, 7) is 0.825. The van der Waals surface area contributed by atoms with Gasteiger partial charge in [-0.05, 0) is 36.2 Å². The molecule has 1 aliphatic heterocycles. The average Bonchev–Trinajstić information content (AvgIpc) is 3.21. The van der Waals surface area contributed by atoms with E-state index in [-0.39, 0.29) is 16.9 Å². The van der Waals surface area contributed by atoms with Crippen LogP contribution in [0, 0.1) is 5.92 Å². The number of nitrogens with one attached hydrogen (secondary N) is 1. The molecule has 2 aliphatic rings. The van der Waals surface area contributed by atoms with Crippen LogP contribution in [0.4, 0.5) is 0 Å². The highest BCUT2D eigenvalue weighted by molar-refractivity contribution is 7.80. The van der Waals surface area contributed by atoms with Crippen molar-refractivity contribution in [1.29, 1.82) is 0 Å². The molecule has 0 saturated heterocycles. The van der Waals surface area contributed by atoms with Crippen molar-refractivity contribution in [3.63, 3.8) is 0 Å². The molecule has 1 aromatic rings. The van der Waals surface area contributed by atoms with E-state index in [1.807, 2.05) is 17.5 Å². The van der Waals surface area contributed by atoms with Gasteiger partial charge in [0.15, 0.2) is 0 Å². The molecule has 9 heteroatoms. The zero-order valence-corrected chi connectivity index (χ0v) is 16.8. The van der Waals surface area contributed by atoms with Crippen molar-refractivity contribution in [1.82, 2.24) is 10.2 Å². The Kier molecular flexibility index (Phi) is 6.48. The number of nitrogens with zero attached hydrogens (tertiary/aromatic N) is 2. The third-order valence-electron chi connectivity index (χ3n) is 4.32. The first-order valence-electron chi connectivity index (χ1n) is 8.71. The molecule has 2 amide bonds. The van der Waals surface area contributed by atoms with E-state index in [0.717, 1.165) is 4.88 Å². The Bertz CT molecular complexity index is 887. The molecule has 2 heterocycles. The number of carbonyl (C=O) groups is 3. The standard InChI is InChI=1S/C19H19N3O4S2/c1-26-18(25)12-6-7-14-15(10-12)21-19(27)22(17(14)24)8-2-5-16(23)20-11-13-4-3-9-28-13/h3-4,6-7,9-10,14H,2,5,8,11H2,1H3,(H,20,23). The molecule has 0 aromatic carbocycles. The van der Waals surface area contributed by atoms with Gasteiger partial charge in [0, 0.05) is 17.8 Å². The van der Waals surface area contributed by atoms with E-state index >= 15 is 0 Å². The van der Waals surface area contributed by atoms with E-state index in [1.54, 1.807) is 23.5 Å². The van der Waals surface area contributed by atoms with Gasteiger partial charge in [-0.1, -0.05) is 18.2 Å². The van der Waals surface area contributed by atoms with Gasteiger partial charge < -0.3 is 10.1 Å². The second kappa shape index (κ2) is 9.03. The smallest absolute Gasteiger partial charge is 0.337 e. The van der Waals surface area contributed by atoms with Crippen molar-refractivity contribution < 1.29 is 19.1 Å². The molecule has 28 heavy (non-hydrogen) atoms. The number of methoxy groups -OCH3 is 1. The summed E-state index contributed by atoms with van der Waals surface area (Å²) < 4.78 is 4.68. The minimum atomic E-state index is -0.576. The Morgan fingerprint density at radius 2 is 2.25 bits per heavy atom. The van der Waals surface area contributed by atoms with Crippen LogP contribution in [0.15, 0.2) is 46.3 Å². The molecule has 1 aliphatic carbocycles. The number of esters is 1. The second-order valence-corrected chi connectivity index (χ2v) is 7.59. The van der Waals surface area contributed by atoms with Crippen LogP contribution in [0.2, 0.25) is 0 Å². The summed E-state index contributed by atoms with van der Waals surface area (Å²) in [4.78, 5) is 43.1. The summed E-state index contributed by atoms with van der Waals surface area (Å²) in [5, 5.41) is 4.96. The average molecular weight is 418 g/mol. The Balaban J connectivity index is 1.54. The van der Waals surface area contributed by atoms with Crippen LogP contribution in [0.25, 0.3) is 0 Å². The number of fused-ring (bicyclic) bond motifs is 1. The zero-order chi connectivity index (χ0) is 20.1. The van der Waals surface area contributed by atoms with Crippen molar-refractivity contribution >= 4 is 52.2 Å². The van der Waals surface area contributed by atoms with E-state index in [4.69, 9.17) is 12.2 Å². The highest BCUT2D eigenvalue weighted by atomic mass is 32.1. The van der Waals surface area contributed by atoms with Crippen LogP contribution in [0.3, 0.4) is 0 Å². The lowest BCUT2D eigenvalue weighted by Gasteiger charge is -2.30. The molecule has 1 unspecified atom stereocenters. The fraction of sp³-hybridized carbons (Fsp3) is 0.316. The van der Waals surface area contributed by atoms with Gasteiger partial charge in [0.05, 0.1) is 30.9 Å². The maximum Gasteiger partial charge on any atom is 0.337 e. The number of amides is 2. The van der Waals surface area contributed by atoms with Gasteiger partial charge in [-0.15, -0.1) is 11.3 Å². The summed E-state index contributed by atoms with van der Waals surface area (Å²) in [5.41, 5.74) is 0.756. The van der Waals surface area contributed by atoms with Crippen molar-refractivity contribution in [2.45, 2.75) is 19.4 Å². The van der Waals surface area contributed by atoms with Crippen molar-refractivity contribution in [3.05, 3.63) is 46.2 Å². The van der Waals surface area contributed by atoms with Gasteiger partial charge in [-0.2, -0.15) is 0 Å². The summed E-state index contributed by atoms with van der Waals surface area (Å²) in [5.74, 6) is -1.35. The predicted octanol–water partition coefficient (Wildman–Crippen LogP) is 2.00. The third-order valence-corrected chi connectivity index (χ3v) is 5.51. The quantitative estimate of drug-likeness (QED) is 0.542. The van der Waals surface area contributed by atoms with Gasteiger partial charge in [0.2, 0.25) is 16.9 Å². The molecule has 0 bridgehead atoms. The van der Waals surface area contributed by atoms with Crippen LogP contribution in [-0.4, -0.2) is 47.2 Å². The predicted molar refractivity (Wildman–Crippen MR) is 110 cm³/mol. The molecule has 0 radical (unpaired) electrons. The van der Waals surface area contributed by atoms with Gasteiger partial charge in [-0.25, -0.2) is 9.79 Å². The number of ether oxygens (including phenoxy) is 1. The van der Waals surface area contributed by atoms with E-state index in [1.165, 1.54) is 18.1 Å². The summed E-state index contributed by atoms with van der Waals surface area (Å²) in [6, 6.07) is 3.90. The molecular weight excluding hydrogens is 398 g/mol. The molecule has 0 fully saturated rings. The van der Waals surface area contributed by atoms with E-state index < -0.39 is 11.9 Å². The molecule has 0 spiro atoms. The maximum atomic E-state index is 12.7. The number of hydrogen-bond acceptors (Lipinski definition) is 6. The Morgan fingerprint density at radius 1 is 1.43 bits per heavy atom. The molecule has 1 atom stereocenters. The molecule has 0 saturated carbocycles. The number of thiocarbonyl (C=S) groups is 1. The minimum Gasteiger partial charge on any atom is -0.465 e. The van der Waals surface area contributed by atoms with Crippen LogP contribution in [0.1, 0.15) is 17.7 Å². The normalized spacial score (nSPS) is 18.3. The Labute approximate surface area is 171 Å². The minimum absolute atomic E-state index is 0.0730. The van der Waals surface area contributed by atoms with Gasteiger partial charge >= 0.3 is 5.97 Å². The number of rotatable bonds is 7. The topological polar surface area (TPSA) is 88.1 Å². The maximum absolute atomic E-state index is 12.7. The number of thiophene rings is 1. The molecule has 1 N–H and O–H groups in total. The Hall–Kier alpha value is -2.65. The first-order chi connectivity index (χ1) is 13.5. The van der Waals surface area contributed by atoms with Crippen molar-refractivity contribution in [2.24, 2.45) is 10.9 Å². The zero-order valence-electron chi connectivity index (χ0n) is 15.2. The number of aliphatic imine (C=N–C) groups is 1. The highest BCUT2D eigenvalue weighted by Crippen LogP contribution is 2.23. The van der Waals surface area contributed by atoms with Crippen LogP contribution >= 0.6 is 23.6 Å². The fourth-order valence-corrected chi connectivity index (χ4v) is 3.81. The summed E-state index contributed by atoms with van der Waals surface area (Å²) >= 11 is 6.82. The molecule has 1 aromatic heterocycles. The molecule has 7 nitrogen and oxygen atoms in total. The number of allylic oxidation sites excluding steroid dienone is 1. The monoisotopic (exact) mass is 417 g/mol. The lowest BCUT2D eigenvalue weighted by Crippen LogP contribution is -2.46. The van der Waals surface area contributed by atoms with E-state index in [2.05, 4.69) is 15.0 Å². The van der Waals surface area contributed by atoms with Crippen molar-refractivity contribution in [3.8, 4) is 0 Å². The first kappa shape index (κ1) is 20.1. The van der Waals surface area contributed by atoms with Gasteiger partial charge in [0.25, 0.3) is 0 Å². The molecule has 3 rings (SSSR count). The SMILES string of the molecule is COC(=O)C1=CC2=NC(=S)N(CCCC(=O)NCc3cccs3)C(=O)C2C=C1. The lowest BCUT2D eigenvalue weighted by atomic mass is 9.92.